The lowest BCUT2D eigenvalue weighted by Crippen LogP contribution is -1.98. The monoisotopic (exact) mass is 153 g/mol. The molecule has 1 aliphatic rings. The maximum Gasteiger partial charge on any atom is 0.0363 e. The van der Waals surface area contributed by atoms with Gasteiger partial charge in [0, 0.05) is 16.2 Å². The second-order valence-corrected chi connectivity index (χ2v) is 2.89. The fourth-order valence-electron chi connectivity index (χ4n) is 1.01. The van der Waals surface area contributed by atoms with Crippen LogP contribution in [0.5, 0.6) is 0 Å². The largest absolute Gasteiger partial charge is 0.305 e. The summed E-state index contributed by atoms with van der Waals surface area (Å²) < 4.78 is 0. The van der Waals surface area contributed by atoms with Crippen LogP contribution >= 0.6 is 12.6 Å². The van der Waals surface area contributed by atoms with Gasteiger partial charge in [0.05, 0.1) is 0 Å². The van der Waals surface area contributed by atoms with Gasteiger partial charge in [-0.15, -0.1) is 12.6 Å². The van der Waals surface area contributed by atoms with Crippen molar-refractivity contribution in [3.05, 3.63) is 22.6 Å². The van der Waals surface area contributed by atoms with E-state index in [1.807, 2.05) is 0 Å². The van der Waals surface area contributed by atoms with Crippen molar-refractivity contribution < 1.29 is 0 Å². The summed E-state index contributed by atoms with van der Waals surface area (Å²) in [5, 5.41) is 7.36. The quantitative estimate of drug-likeness (QED) is 0.427. The zero-order chi connectivity index (χ0) is 7.56. The highest BCUT2D eigenvalue weighted by Gasteiger charge is 2.05. The van der Waals surface area contributed by atoms with Gasteiger partial charge in [0.25, 0.3) is 0 Å². The molecular weight excluding hydrogens is 142 g/mol. The Morgan fingerprint density at radius 2 is 2.10 bits per heavy atom. The predicted molar refractivity (Wildman–Crippen MR) is 47.8 cm³/mol. The lowest BCUT2D eigenvalue weighted by Gasteiger charge is -2.09. The number of nitrogens with one attached hydrogen (secondary N) is 1. The van der Waals surface area contributed by atoms with Crippen LogP contribution in [-0.2, 0) is 0 Å². The molecule has 0 heterocycles. The van der Waals surface area contributed by atoms with Crippen molar-refractivity contribution in [1.82, 2.24) is 0 Å². The molecule has 0 spiro atoms. The predicted octanol–water partition coefficient (Wildman–Crippen LogP) is 2.56. The van der Waals surface area contributed by atoms with Gasteiger partial charge in [0.2, 0.25) is 0 Å². The topological polar surface area (TPSA) is 23.9 Å². The fourth-order valence-corrected chi connectivity index (χ4v) is 1.40. The SMILES string of the molecule is CC(=N)C1=CCCC=C1S. The van der Waals surface area contributed by atoms with Crippen molar-refractivity contribution in [3.63, 3.8) is 0 Å². The first-order valence-electron chi connectivity index (χ1n) is 3.37. The molecule has 0 saturated heterocycles. The van der Waals surface area contributed by atoms with Crippen molar-refractivity contribution in [3.8, 4) is 0 Å². The Labute approximate surface area is 66.7 Å². The molecule has 0 unspecified atom stereocenters. The van der Waals surface area contributed by atoms with E-state index < -0.39 is 0 Å². The highest BCUT2D eigenvalue weighted by Crippen LogP contribution is 2.21. The zero-order valence-electron chi connectivity index (χ0n) is 6.02. The lowest BCUT2D eigenvalue weighted by molar-refractivity contribution is 1.02. The summed E-state index contributed by atoms with van der Waals surface area (Å²) in [5.41, 5.74) is 1.61. The molecular formula is C8H11NS. The molecule has 1 N–H and O–H groups in total. The first kappa shape index (κ1) is 7.61. The van der Waals surface area contributed by atoms with Crippen LogP contribution in [0, 0.1) is 5.41 Å². The van der Waals surface area contributed by atoms with E-state index in [4.69, 9.17) is 5.41 Å². The standard InChI is InChI=1S/C8H11NS/c1-6(9)7-4-2-3-5-8(7)10/h4-5,9-10H,2-3H2,1H3. The zero-order valence-corrected chi connectivity index (χ0v) is 6.91. The van der Waals surface area contributed by atoms with Gasteiger partial charge in [-0.1, -0.05) is 12.2 Å². The van der Waals surface area contributed by atoms with Gasteiger partial charge in [0.1, 0.15) is 0 Å². The van der Waals surface area contributed by atoms with E-state index in [-0.39, 0.29) is 0 Å². The van der Waals surface area contributed by atoms with Crippen molar-refractivity contribution >= 4 is 18.3 Å². The van der Waals surface area contributed by atoms with E-state index in [1.165, 1.54) is 0 Å². The summed E-state index contributed by atoms with van der Waals surface area (Å²) in [6, 6.07) is 0. The van der Waals surface area contributed by atoms with Crippen molar-refractivity contribution in [2.24, 2.45) is 0 Å². The Morgan fingerprint density at radius 1 is 1.50 bits per heavy atom. The maximum absolute atomic E-state index is 7.36. The molecule has 0 bridgehead atoms. The molecule has 1 nitrogen and oxygen atoms in total. The van der Waals surface area contributed by atoms with Gasteiger partial charge in [-0.05, 0) is 19.8 Å². The van der Waals surface area contributed by atoms with Crippen molar-refractivity contribution in [2.45, 2.75) is 19.8 Å². The van der Waals surface area contributed by atoms with Gasteiger partial charge in [-0.25, -0.2) is 0 Å². The van der Waals surface area contributed by atoms with Crippen LogP contribution in [0.25, 0.3) is 0 Å². The lowest BCUT2D eigenvalue weighted by atomic mass is 10.0. The van der Waals surface area contributed by atoms with E-state index in [0.29, 0.717) is 5.71 Å². The number of thiol groups is 1. The van der Waals surface area contributed by atoms with Crippen molar-refractivity contribution in [2.75, 3.05) is 0 Å². The van der Waals surface area contributed by atoms with E-state index in [0.717, 1.165) is 23.3 Å². The molecule has 1 rings (SSSR count). The summed E-state index contributed by atoms with van der Waals surface area (Å²) in [6.45, 7) is 1.79. The number of hydrogen-bond donors (Lipinski definition) is 2. The Hall–Kier alpha value is -0.500. The highest BCUT2D eigenvalue weighted by molar-refractivity contribution is 7.84. The minimum absolute atomic E-state index is 0.612. The Kier molecular flexibility index (Phi) is 2.33. The van der Waals surface area contributed by atoms with Crippen LogP contribution in [-0.4, -0.2) is 5.71 Å². The molecule has 10 heavy (non-hydrogen) atoms. The second kappa shape index (κ2) is 3.06. The van der Waals surface area contributed by atoms with Gasteiger partial charge in [-0.2, -0.15) is 0 Å². The summed E-state index contributed by atoms with van der Waals surface area (Å²) in [4.78, 5) is 0.957. The maximum atomic E-state index is 7.36. The summed E-state index contributed by atoms with van der Waals surface area (Å²) in [5.74, 6) is 0. The Balaban J connectivity index is 2.84. The number of rotatable bonds is 1. The molecule has 1 aliphatic carbocycles. The minimum Gasteiger partial charge on any atom is -0.305 e. The molecule has 0 aromatic carbocycles. The Bertz CT molecular complexity index is 213. The van der Waals surface area contributed by atoms with Crippen LogP contribution in [0.1, 0.15) is 19.8 Å². The number of allylic oxidation sites excluding steroid dienone is 3. The first-order chi connectivity index (χ1) is 4.72. The molecule has 0 aromatic heterocycles. The van der Waals surface area contributed by atoms with Crippen LogP contribution in [0.2, 0.25) is 0 Å². The van der Waals surface area contributed by atoms with Crippen LogP contribution in [0.3, 0.4) is 0 Å². The number of hydrogen-bond acceptors (Lipinski definition) is 2. The van der Waals surface area contributed by atoms with Crippen LogP contribution < -0.4 is 0 Å². The fraction of sp³-hybridized carbons (Fsp3) is 0.375. The highest BCUT2D eigenvalue weighted by atomic mass is 32.1. The summed E-state index contributed by atoms with van der Waals surface area (Å²) in [6.07, 6.45) is 6.26. The molecule has 54 valence electrons. The Morgan fingerprint density at radius 3 is 2.50 bits per heavy atom. The molecule has 0 radical (unpaired) electrons. The third-order valence-corrected chi connectivity index (χ3v) is 1.96. The minimum atomic E-state index is 0.612. The van der Waals surface area contributed by atoms with Crippen molar-refractivity contribution in [1.29, 1.82) is 5.41 Å². The second-order valence-electron chi connectivity index (χ2n) is 2.41. The molecule has 0 aliphatic heterocycles. The van der Waals surface area contributed by atoms with Gasteiger partial charge >= 0.3 is 0 Å². The molecule has 0 amide bonds. The molecule has 2 heteroatoms. The molecule has 0 aromatic rings. The molecule has 0 atom stereocenters. The normalized spacial score (nSPS) is 17.8. The third kappa shape index (κ3) is 1.51. The first-order valence-corrected chi connectivity index (χ1v) is 3.81. The van der Waals surface area contributed by atoms with Crippen LogP contribution in [0.4, 0.5) is 0 Å². The summed E-state index contributed by atoms with van der Waals surface area (Å²) >= 11 is 4.25. The average Bonchev–Trinajstić information content (AvgIpc) is 1.88. The molecule has 0 saturated carbocycles. The molecule has 0 fully saturated rings. The van der Waals surface area contributed by atoms with E-state index in [2.05, 4.69) is 24.8 Å². The van der Waals surface area contributed by atoms with E-state index in [9.17, 15) is 0 Å². The van der Waals surface area contributed by atoms with Crippen LogP contribution in [0.15, 0.2) is 22.6 Å². The smallest absolute Gasteiger partial charge is 0.0363 e. The van der Waals surface area contributed by atoms with Gasteiger partial charge < -0.3 is 5.41 Å². The average molecular weight is 153 g/mol. The van der Waals surface area contributed by atoms with E-state index >= 15 is 0 Å². The summed E-state index contributed by atoms with van der Waals surface area (Å²) in [7, 11) is 0. The third-order valence-electron chi connectivity index (χ3n) is 1.53. The van der Waals surface area contributed by atoms with Gasteiger partial charge in [-0.3, -0.25) is 0 Å². The van der Waals surface area contributed by atoms with E-state index in [1.54, 1.807) is 6.92 Å². The van der Waals surface area contributed by atoms with Gasteiger partial charge in [0.15, 0.2) is 0 Å².